The van der Waals surface area contributed by atoms with Gasteiger partial charge >= 0.3 is 0 Å². The second-order valence-corrected chi connectivity index (χ2v) is 6.35. The minimum Gasteiger partial charge on any atom is -0.382 e. The summed E-state index contributed by atoms with van der Waals surface area (Å²) in [6.07, 6.45) is 0. The second kappa shape index (κ2) is 7.70. The molecule has 1 nitrogen and oxygen atoms in total. The smallest absolute Gasteiger partial charge is 0.0342 e. The molecule has 0 aliphatic rings. The highest BCUT2D eigenvalue weighted by Gasteiger charge is 2.08. The molecule has 0 saturated carbocycles. The highest BCUT2D eigenvalue weighted by molar-refractivity contribution is 5.62. The van der Waals surface area contributed by atoms with Crippen molar-refractivity contribution in [2.24, 2.45) is 5.92 Å². The van der Waals surface area contributed by atoms with Crippen LogP contribution in [0, 0.1) is 24.7 Å². The molecule has 0 heterocycles. The van der Waals surface area contributed by atoms with Crippen LogP contribution in [0.5, 0.6) is 0 Å². The van der Waals surface area contributed by atoms with E-state index >= 15 is 0 Å². The summed E-state index contributed by atoms with van der Waals surface area (Å²) in [7, 11) is 0. The molecule has 118 valence electrons. The van der Waals surface area contributed by atoms with Gasteiger partial charge in [-0.05, 0) is 49.6 Å². The van der Waals surface area contributed by atoms with Crippen molar-refractivity contribution in [2.45, 2.75) is 33.7 Å². The van der Waals surface area contributed by atoms with Gasteiger partial charge in [-0.2, -0.15) is 0 Å². The van der Waals surface area contributed by atoms with Crippen molar-refractivity contribution >= 4 is 5.70 Å². The third-order valence-electron chi connectivity index (χ3n) is 4.04. The van der Waals surface area contributed by atoms with Crippen LogP contribution in [0.15, 0.2) is 55.1 Å². The molecule has 23 heavy (non-hydrogen) atoms. The lowest BCUT2D eigenvalue weighted by Crippen LogP contribution is -2.28. The summed E-state index contributed by atoms with van der Waals surface area (Å²) in [5.74, 6) is 6.98. The zero-order chi connectivity index (χ0) is 16.8. The van der Waals surface area contributed by atoms with Crippen molar-refractivity contribution in [3.63, 3.8) is 0 Å². The van der Waals surface area contributed by atoms with Crippen LogP contribution in [0.1, 0.15) is 43.0 Å². The van der Waals surface area contributed by atoms with Gasteiger partial charge in [-0.1, -0.05) is 62.1 Å². The molecule has 2 rings (SSSR count). The predicted molar refractivity (Wildman–Crippen MR) is 100 cm³/mol. The lowest BCUT2D eigenvalue weighted by Gasteiger charge is -2.20. The molecule has 2 aromatic rings. The van der Waals surface area contributed by atoms with Gasteiger partial charge in [-0.3, -0.25) is 0 Å². The minimum absolute atomic E-state index is 0.406. The van der Waals surface area contributed by atoms with Crippen LogP contribution >= 0.6 is 0 Å². The normalized spacial score (nSPS) is 11.5. The summed E-state index contributed by atoms with van der Waals surface area (Å²) in [4.78, 5) is 0. The van der Waals surface area contributed by atoms with Crippen LogP contribution in [0.25, 0.3) is 5.70 Å². The molecule has 0 aliphatic carbocycles. The van der Waals surface area contributed by atoms with Gasteiger partial charge in [0.2, 0.25) is 0 Å². The van der Waals surface area contributed by atoms with Crippen LogP contribution in [-0.2, 0) is 0 Å². The molecule has 1 atom stereocenters. The van der Waals surface area contributed by atoms with Crippen molar-refractivity contribution in [2.75, 3.05) is 0 Å². The van der Waals surface area contributed by atoms with Gasteiger partial charge in [0.15, 0.2) is 0 Å². The first-order valence-electron chi connectivity index (χ1n) is 8.10. The van der Waals surface area contributed by atoms with Crippen LogP contribution < -0.4 is 5.32 Å². The van der Waals surface area contributed by atoms with Crippen molar-refractivity contribution in [1.82, 2.24) is 5.32 Å². The van der Waals surface area contributed by atoms with Crippen molar-refractivity contribution in [1.29, 1.82) is 0 Å². The third kappa shape index (κ3) is 5.04. The van der Waals surface area contributed by atoms with E-state index in [4.69, 9.17) is 0 Å². The van der Waals surface area contributed by atoms with Gasteiger partial charge in [0, 0.05) is 22.9 Å². The Morgan fingerprint density at radius 3 is 1.83 bits per heavy atom. The Bertz CT molecular complexity index is 709. The van der Waals surface area contributed by atoms with Crippen LogP contribution in [0.3, 0.4) is 0 Å². The molecule has 1 N–H and O–H groups in total. The van der Waals surface area contributed by atoms with E-state index in [-0.39, 0.29) is 0 Å². The molecule has 0 aromatic heterocycles. The van der Waals surface area contributed by atoms with E-state index in [0.717, 1.165) is 22.4 Å². The molecule has 1 unspecified atom stereocenters. The average molecular weight is 303 g/mol. The topological polar surface area (TPSA) is 12.0 Å². The SMILES string of the molecule is C=C(NC(C)C(C)C)c1ccc(C#Cc2ccc(C)cc2)cc1. The Labute approximate surface area is 140 Å². The number of nitrogens with one attached hydrogen (secondary N) is 1. The maximum atomic E-state index is 4.13. The monoisotopic (exact) mass is 303 g/mol. The second-order valence-electron chi connectivity index (χ2n) is 6.35. The molecule has 1 heteroatoms. The number of hydrogen-bond donors (Lipinski definition) is 1. The minimum atomic E-state index is 0.406. The first-order valence-corrected chi connectivity index (χ1v) is 8.10. The van der Waals surface area contributed by atoms with Gasteiger partial charge in [-0.25, -0.2) is 0 Å². The summed E-state index contributed by atoms with van der Waals surface area (Å²) in [6.45, 7) is 12.8. The molecule has 2 aromatic carbocycles. The molecule has 0 amide bonds. The molecule has 0 bridgehead atoms. The Balaban J connectivity index is 2.05. The van der Waals surface area contributed by atoms with E-state index in [2.05, 4.69) is 87.8 Å². The van der Waals surface area contributed by atoms with E-state index in [9.17, 15) is 0 Å². The summed E-state index contributed by atoms with van der Waals surface area (Å²) >= 11 is 0. The number of aryl methyl sites for hydroxylation is 1. The quantitative estimate of drug-likeness (QED) is 0.784. The predicted octanol–water partition coefficient (Wildman–Crippen LogP) is 5.00. The van der Waals surface area contributed by atoms with Crippen LogP contribution in [0.2, 0.25) is 0 Å². The first kappa shape index (κ1) is 16.9. The highest BCUT2D eigenvalue weighted by Crippen LogP contribution is 2.13. The van der Waals surface area contributed by atoms with E-state index in [1.54, 1.807) is 0 Å². The molecule has 0 radical (unpaired) electrons. The largest absolute Gasteiger partial charge is 0.382 e. The van der Waals surface area contributed by atoms with Crippen molar-refractivity contribution in [3.05, 3.63) is 77.4 Å². The standard InChI is InChI=1S/C22H25N/c1-16(2)18(4)23-19(5)22-14-12-21(13-15-22)11-10-20-8-6-17(3)7-9-20/h6-9,12-16,18,23H,5H2,1-4H3. The van der Waals surface area contributed by atoms with Crippen LogP contribution in [-0.4, -0.2) is 6.04 Å². The van der Waals surface area contributed by atoms with Gasteiger partial charge < -0.3 is 5.32 Å². The molecule has 0 spiro atoms. The number of hydrogen-bond acceptors (Lipinski definition) is 1. The Morgan fingerprint density at radius 2 is 1.35 bits per heavy atom. The Morgan fingerprint density at radius 1 is 0.870 bits per heavy atom. The van der Waals surface area contributed by atoms with Gasteiger partial charge in [-0.15, -0.1) is 0 Å². The van der Waals surface area contributed by atoms with E-state index in [0.29, 0.717) is 12.0 Å². The maximum Gasteiger partial charge on any atom is 0.0342 e. The van der Waals surface area contributed by atoms with E-state index < -0.39 is 0 Å². The molecule has 0 saturated heterocycles. The summed E-state index contributed by atoms with van der Waals surface area (Å²) in [6, 6.07) is 16.9. The van der Waals surface area contributed by atoms with Gasteiger partial charge in [0.05, 0.1) is 0 Å². The summed E-state index contributed by atoms with van der Waals surface area (Å²) < 4.78 is 0. The van der Waals surface area contributed by atoms with Gasteiger partial charge in [0.1, 0.15) is 0 Å². The molecular formula is C22H25N. The average Bonchev–Trinajstić information content (AvgIpc) is 2.54. The molecule has 0 fully saturated rings. The summed E-state index contributed by atoms with van der Waals surface area (Å²) in [5, 5.41) is 3.45. The zero-order valence-electron chi connectivity index (χ0n) is 14.5. The fourth-order valence-electron chi connectivity index (χ4n) is 2.06. The van der Waals surface area contributed by atoms with E-state index in [1.165, 1.54) is 5.56 Å². The number of rotatable bonds is 4. The number of benzene rings is 2. The van der Waals surface area contributed by atoms with Crippen molar-refractivity contribution < 1.29 is 0 Å². The lowest BCUT2D eigenvalue weighted by molar-refractivity contribution is 0.481. The van der Waals surface area contributed by atoms with Crippen molar-refractivity contribution in [3.8, 4) is 11.8 Å². The lowest BCUT2D eigenvalue weighted by atomic mass is 10.0. The fourth-order valence-corrected chi connectivity index (χ4v) is 2.06. The van der Waals surface area contributed by atoms with Gasteiger partial charge in [0.25, 0.3) is 0 Å². The maximum absolute atomic E-state index is 4.13. The van der Waals surface area contributed by atoms with E-state index in [1.807, 2.05) is 12.1 Å². The highest BCUT2D eigenvalue weighted by atomic mass is 14.9. The first-order chi connectivity index (χ1) is 11.0. The summed E-state index contributed by atoms with van der Waals surface area (Å²) in [5.41, 5.74) is 5.37. The molecular weight excluding hydrogens is 278 g/mol. The van der Waals surface area contributed by atoms with Crippen LogP contribution in [0.4, 0.5) is 0 Å². The Kier molecular flexibility index (Phi) is 5.66. The third-order valence-corrected chi connectivity index (χ3v) is 4.04. The molecule has 0 aliphatic heterocycles. The zero-order valence-corrected chi connectivity index (χ0v) is 14.5. The Hall–Kier alpha value is -2.46. The fraction of sp³-hybridized carbons (Fsp3) is 0.273.